The van der Waals surface area contributed by atoms with Gasteiger partial charge in [0.1, 0.15) is 0 Å². The van der Waals surface area contributed by atoms with Crippen molar-refractivity contribution in [2.45, 2.75) is 42.4 Å². The number of aryl methyl sites for hydroxylation is 1. The van der Waals surface area contributed by atoms with Gasteiger partial charge in [-0.3, -0.25) is 5.10 Å². The summed E-state index contributed by atoms with van der Waals surface area (Å²) in [6, 6.07) is 8.30. The van der Waals surface area contributed by atoms with E-state index < -0.39 is 11.8 Å². The molecule has 0 spiro atoms. The van der Waals surface area contributed by atoms with E-state index in [1.807, 2.05) is 10.6 Å². The second kappa shape index (κ2) is 8.09. The van der Waals surface area contributed by atoms with Crippen LogP contribution in [0.15, 0.2) is 52.5 Å². The third kappa shape index (κ3) is 3.39. The third-order valence-electron chi connectivity index (χ3n) is 5.63. The van der Waals surface area contributed by atoms with Gasteiger partial charge < -0.3 is 9.30 Å². The molecular formula is C24H21F2N3O2S. The summed E-state index contributed by atoms with van der Waals surface area (Å²) in [7, 11) is 0. The van der Waals surface area contributed by atoms with Crippen LogP contribution in [0.4, 0.5) is 8.78 Å². The molecule has 1 fully saturated rings. The van der Waals surface area contributed by atoms with E-state index >= 15 is 8.78 Å². The molecule has 1 N–H and O–H groups in total. The zero-order valence-electron chi connectivity index (χ0n) is 17.6. The maximum atomic E-state index is 15.4. The minimum Gasteiger partial charge on any atom is -0.462 e. The SMILES string of the molecule is CCOC(=O)c1cccc(Sc2c(C3CC3)n(-c3cn[nH]c3)c3c(F)c(C)ccc23)c1F. The Morgan fingerprint density at radius 3 is 2.75 bits per heavy atom. The average Bonchev–Trinajstić information content (AvgIpc) is 3.36. The topological polar surface area (TPSA) is 59.9 Å². The van der Waals surface area contributed by atoms with E-state index in [4.69, 9.17) is 4.74 Å². The predicted octanol–water partition coefficient (Wildman–Crippen LogP) is 6.15. The fourth-order valence-electron chi connectivity index (χ4n) is 3.96. The van der Waals surface area contributed by atoms with Gasteiger partial charge in [-0.2, -0.15) is 5.10 Å². The average molecular weight is 454 g/mol. The maximum Gasteiger partial charge on any atom is 0.341 e. The van der Waals surface area contributed by atoms with Gasteiger partial charge in [0.15, 0.2) is 11.6 Å². The number of aromatic nitrogens is 3. The van der Waals surface area contributed by atoms with Crippen molar-refractivity contribution >= 4 is 28.6 Å². The lowest BCUT2D eigenvalue weighted by Gasteiger charge is -2.11. The monoisotopic (exact) mass is 453 g/mol. The van der Waals surface area contributed by atoms with E-state index in [1.165, 1.54) is 17.8 Å². The Balaban J connectivity index is 1.73. The Labute approximate surface area is 187 Å². The summed E-state index contributed by atoms with van der Waals surface area (Å²) in [5.41, 5.74) is 2.56. The number of hydrogen-bond acceptors (Lipinski definition) is 4. The Hall–Kier alpha value is -3.13. The van der Waals surface area contributed by atoms with Gasteiger partial charge in [0.25, 0.3) is 0 Å². The van der Waals surface area contributed by atoms with Crippen molar-refractivity contribution in [3.8, 4) is 5.69 Å². The summed E-state index contributed by atoms with van der Waals surface area (Å²) in [4.78, 5) is 13.3. The molecule has 1 saturated carbocycles. The smallest absolute Gasteiger partial charge is 0.341 e. The number of nitrogens with zero attached hydrogens (tertiary/aromatic N) is 2. The lowest BCUT2D eigenvalue weighted by molar-refractivity contribution is 0.0520. The molecule has 0 atom stereocenters. The van der Waals surface area contributed by atoms with Crippen LogP contribution < -0.4 is 0 Å². The summed E-state index contributed by atoms with van der Waals surface area (Å²) in [5, 5.41) is 7.56. The molecule has 0 unspecified atom stereocenters. The molecule has 164 valence electrons. The molecule has 0 aliphatic heterocycles. The summed E-state index contributed by atoms with van der Waals surface area (Å²) < 4.78 is 37.6. The lowest BCUT2D eigenvalue weighted by Crippen LogP contribution is -2.07. The summed E-state index contributed by atoms with van der Waals surface area (Å²) >= 11 is 1.22. The van der Waals surface area contributed by atoms with Crippen LogP contribution in [-0.4, -0.2) is 27.3 Å². The van der Waals surface area contributed by atoms with Gasteiger partial charge in [-0.15, -0.1) is 0 Å². The highest BCUT2D eigenvalue weighted by Crippen LogP contribution is 2.51. The fraction of sp³-hybridized carbons (Fsp3) is 0.250. The number of benzene rings is 2. The Kier molecular flexibility index (Phi) is 5.25. The predicted molar refractivity (Wildman–Crippen MR) is 119 cm³/mol. The second-order valence-corrected chi connectivity index (χ2v) is 8.87. The molecule has 1 aliphatic rings. The zero-order valence-corrected chi connectivity index (χ0v) is 18.4. The standard InChI is InChI=1S/C24H21F2N3O2S/c1-3-31-24(30)16-5-4-6-18(20(16)26)32-23-17-10-7-13(2)19(25)22(17)29(15-11-27-28-12-15)21(23)14-8-9-14/h4-7,10-12,14H,3,8-9H2,1-2H3,(H,27,28). The number of fused-ring (bicyclic) bond motifs is 1. The van der Waals surface area contributed by atoms with E-state index in [9.17, 15) is 4.79 Å². The second-order valence-electron chi connectivity index (χ2n) is 7.81. The number of esters is 1. The molecule has 0 radical (unpaired) electrons. The number of rotatable bonds is 6. The molecule has 8 heteroatoms. The molecule has 2 aromatic carbocycles. The van der Waals surface area contributed by atoms with Crippen LogP contribution >= 0.6 is 11.8 Å². The molecule has 2 aromatic heterocycles. The van der Waals surface area contributed by atoms with Crippen molar-refractivity contribution in [1.29, 1.82) is 0 Å². The lowest BCUT2D eigenvalue weighted by atomic mass is 10.1. The Bertz CT molecular complexity index is 1330. The van der Waals surface area contributed by atoms with Crippen LogP contribution in [-0.2, 0) is 4.74 Å². The van der Waals surface area contributed by atoms with Gasteiger partial charge in [-0.05, 0) is 44.4 Å². The van der Waals surface area contributed by atoms with E-state index in [2.05, 4.69) is 10.2 Å². The summed E-state index contributed by atoms with van der Waals surface area (Å²) in [5.74, 6) is -1.39. The van der Waals surface area contributed by atoms with E-state index in [0.29, 0.717) is 21.4 Å². The fourth-order valence-corrected chi connectivity index (χ4v) is 5.16. The molecule has 5 rings (SSSR count). The van der Waals surface area contributed by atoms with E-state index in [0.717, 1.165) is 29.1 Å². The Morgan fingerprint density at radius 2 is 2.06 bits per heavy atom. The van der Waals surface area contributed by atoms with Crippen LogP contribution in [0, 0.1) is 18.6 Å². The number of carbonyl (C=O) groups excluding carboxylic acids is 1. The molecule has 5 nitrogen and oxygen atoms in total. The van der Waals surface area contributed by atoms with Crippen LogP contribution in [0.5, 0.6) is 0 Å². The van der Waals surface area contributed by atoms with Crippen molar-refractivity contribution in [2.24, 2.45) is 0 Å². The summed E-state index contributed by atoms with van der Waals surface area (Å²) in [6.07, 6.45) is 5.34. The normalized spacial score (nSPS) is 13.6. The highest BCUT2D eigenvalue weighted by Gasteiger charge is 2.34. The minimum atomic E-state index is -0.697. The third-order valence-corrected chi connectivity index (χ3v) is 6.80. The first-order valence-corrected chi connectivity index (χ1v) is 11.3. The first kappa shape index (κ1) is 20.8. The highest BCUT2D eigenvalue weighted by atomic mass is 32.2. The number of ether oxygens (including phenoxy) is 1. The van der Waals surface area contributed by atoms with E-state index in [-0.39, 0.29) is 23.9 Å². The van der Waals surface area contributed by atoms with Gasteiger partial charge in [0, 0.05) is 33.0 Å². The van der Waals surface area contributed by atoms with E-state index in [1.54, 1.807) is 44.4 Å². The molecule has 0 amide bonds. The van der Waals surface area contributed by atoms with Gasteiger partial charge in [-0.1, -0.05) is 30.0 Å². The molecule has 0 saturated heterocycles. The van der Waals surface area contributed by atoms with Crippen molar-refractivity contribution in [3.63, 3.8) is 0 Å². The molecule has 0 bridgehead atoms. The van der Waals surface area contributed by atoms with Crippen molar-refractivity contribution < 1.29 is 18.3 Å². The largest absolute Gasteiger partial charge is 0.462 e. The molecule has 2 heterocycles. The van der Waals surface area contributed by atoms with Gasteiger partial charge in [0.2, 0.25) is 0 Å². The quantitative estimate of drug-likeness (QED) is 0.356. The molecule has 1 aliphatic carbocycles. The van der Waals surface area contributed by atoms with Crippen molar-refractivity contribution in [1.82, 2.24) is 14.8 Å². The van der Waals surface area contributed by atoms with Crippen LogP contribution in [0.1, 0.15) is 47.3 Å². The van der Waals surface area contributed by atoms with Crippen LogP contribution in [0.2, 0.25) is 0 Å². The van der Waals surface area contributed by atoms with Gasteiger partial charge in [0.05, 0.1) is 29.6 Å². The van der Waals surface area contributed by atoms with Crippen molar-refractivity contribution in [3.05, 3.63) is 71.2 Å². The van der Waals surface area contributed by atoms with Gasteiger partial charge in [-0.25, -0.2) is 13.6 Å². The first-order valence-electron chi connectivity index (χ1n) is 10.5. The number of hydrogen-bond donors (Lipinski definition) is 1. The summed E-state index contributed by atoms with van der Waals surface area (Å²) in [6.45, 7) is 3.57. The Morgan fingerprint density at radius 1 is 1.25 bits per heavy atom. The number of halogens is 2. The van der Waals surface area contributed by atoms with Gasteiger partial charge >= 0.3 is 5.97 Å². The van der Waals surface area contributed by atoms with Crippen molar-refractivity contribution in [2.75, 3.05) is 6.61 Å². The van der Waals surface area contributed by atoms with Crippen LogP contribution in [0.25, 0.3) is 16.6 Å². The zero-order chi connectivity index (χ0) is 22.4. The molecule has 32 heavy (non-hydrogen) atoms. The van der Waals surface area contributed by atoms with Crippen LogP contribution in [0.3, 0.4) is 0 Å². The highest BCUT2D eigenvalue weighted by molar-refractivity contribution is 7.99. The number of H-pyrrole nitrogens is 1. The maximum absolute atomic E-state index is 15.4. The number of nitrogens with one attached hydrogen (secondary N) is 1. The molecule has 4 aromatic rings. The number of aromatic amines is 1. The first-order chi connectivity index (χ1) is 15.5. The number of carbonyl (C=O) groups is 1. The minimum absolute atomic E-state index is 0.106. The molecular weight excluding hydrogens is 432 g/mol.